The average Bonchev–Trinajstić information content (AvgIpc) is 2.81. The van der Waals surface area contributed by atoms with E-state index < -0.39 is 98.5 Å². The molecule has 36 heavy (non-hydrogen) atoms. The first-order chi connectivity index (χ1) is 16.4. The fourth-order valence-electron chi connectivity index (χ4n) is 3.97. The minimum Gasteiger partial charge on any atom is -0.544 e. The van der Waals surface area contributed by atoms with Crippen LogP contribution in [-0.2, 0) is 28.5 Å². The van der Waals surface area contributed by atoms with Crippen LogP contribution in [-0.4, -0.2) is 141 Å². The van der Waals surface area contributed by atoms with Gasteiger partial charge in [-0.3, -0.25) is 4.79 Å². The zero-order valence-corrected chi connectivity index (χ0v) is 21.9. The Balaban J connectivity index is 0.00000648. The van der Waals surface area contributed by atoms with Crippen LogP contribution >= 0.6 is 0 Å². The van der Waals surface area contributed by atoms with Crippen molar-refractivity contribution in [3.8, 4) is 0 Å². The van der Waals surface area contributed by atoms with Crippen molar-refractivity contribution in [2.24, 2.45) is 5.73 Å². The van der Waals surface area contributed by atoms with Crippen molar-refractivity contribution in [1.29, 1.82) is 0 Å². The Morgan fingerprint density at radius 1 is 1.22 bits per heavy atom. The molecule has 2 aliphatic heterocycles. The van der Waals surface area contributed by atoms with E-state index >= 15 is 0 Å². The van der Waals surface area contributed by atoms with Crippen molar-refractivity contribution in [3.05, 3.63) is 0 Å². The van der Waals surface area contributed by atoms with Crippen molar-refractivity contribution in [2.75, 3.05) is 26.4 Å². The fourth-order valence-corrected chi connectivity index (χ4v) is 3.97. The summed E-state index contributed by atoms with van der Waals surface area (Å²) in [5, 5.41) is 85.3. The molecule has 10 N–H and O–H groups in total. The molecular weight excluding hydrogens is 503 g/mol. The summed E-state index contributed by atoms with van der Waals surface area (Å²) in [5.74, 6) is -5.74. The quantitative estimate of drug-likeness (QED) is 0.111. The predicted molar refractivity (Wildman–Crippen MR) is 108 cm³/mol. The van der Waals surface area contributed by atoms with Crippen molar-refractivity contribution < 1.29 is 98.9 Å². The molecule has 0 aromatic heterocycles. The largest absolute Gasteiger partial charge is 1.00 e. The molecule has 204 valence electrons. The molecule has 0 bridgehead atoms. The summed E-state index contributed by atoms with van der Waals surface area (Å²) in [6.45, 7) is -0.804. The number of carboxylic acids is 1. The molecule has 2 rings (SSSR count). The number of carbonyl (C=O) groups excluding carboxylic acids is 2. The second kappa shape index (κ2) is 14.6. The summed E-state index contributed by atoms with van der Waals surface area (Å²) in [6.07, 6.45) is -16.9. The summed E-state index contributed by atoms with van der Waals surface area (Å²) in [6, 6.07) is -1.46. The van der Waals surface area contributed by atoms with E-state index in [0.29, 0.717) is 0 Å². The second-order valence-electron chi connectivity index (χ2n) is 8.31. The minimum absolute atomic E-state index is 0. The zero-order chi connectivity index (χ0) is 26.5. The number of hydrogen-bond donors (Lipinski definition) is 9. The number of hydrogen-bond acceptors (Lipinski definition) is 15. The van der Waals surface area contributed by atoms with E-state index in [2.05, 4.69) is 5.32 Å². The second-order valence-corrected chi connectivity index (χ2v) is 8.31. The molecule has 0 aliphatic carbocycles. The van der Waals surface area contributed by atoms with Crippen LogP contribution in [0.1, 0.15) is 13.3 Å². The van der Waals surface area contributed by atoms with Crippen LogP contribution in [0, 0.1) is 0 Å². The Bertz CT molecular complexity index is 722. The molecule has 1 amide bonds. The number of amides is 1. The topological polar surface area (TPSA) is 274 Å². The van der Waals surface area contributed by atoms with Crippen molar-refractivity contribution in [3.63, 3.8) is 0 Å². The number of carbonyl (C=O) groups is 2. The van der Waals surface area contributed by atoms with Crippen LogP contribution in [0.15, 0.2) is 0 Å². The third kappa shape index (κ3) is 7.52. The molecule has 16 nitrogen and oxygen atoms in total. The molecule has 0 aromatic rings. The van der Waals surface area contributed by atoms with Gasteiger partial charge in [0, 0.05) is 19.9 Å². The monoisotopic (exact) mass is 536 g/mol. The van der Waals surface area contributed by atoms with E-state index in [0.717, 1.165) is 6.92 Å². The summed E-state index contributed by atoms with van der Waals surface area (Å²) in [5.41, 5.74) is 5.35. The van der Waals surface area contributed by atoms with Gasteiger partial charge in [0.25, 0.3) is 0 Å². The van der Waals surface area contributed by atoms with Crippen LogP contribution in [0.5, 0.6) is 0 Å². The molecular formula is C19H33N2NaO14. The Morgan fingerprint density at radius 2 is 1.86 bits per heavy atom. The summed E-state index contributed by atoms with van der Waals surface area (Å²) in [4.78, 5) is 23.8. The molecule has 2 heterocycles. The van der Waals surface area contributed by atoms with E-state index in [-0.39, 0.29) is 42.7 Å². The first kappa shape index (κ1) is 33.5. The van der Waals surface area contributed by atoms with Gasteiger partial charge < -0.3 is 75.6 Å². The van der Waals surface area contributed by atoms with E-state index in [1.54, 1.807) is 0 Å². The summed E-state index contributed by atoms with van der Waals surface area (Å²) in [7, 11) is 0. The molecule has 0 saturated carbocycles. The third-order valence-corrected chi connectivity index (χ3v) is 5.72. The number of rotatable bonds is 11. The minimum atomic E-state index is -2.95. The number of aliphatic hydroxyl groups excluding tert-OH is 7. The maximum absolute atomic E-state index is 12.2. The summed E-state index contributed by atoms with van der Waals surface area (Å²) >= 11 is 0. The summed E-state index contributed by atoms with van der Waals surface area (Å²) < 4.78 is 21.4. The first-order valence-corrected chi connectivity index (χ1v) is 10.9. The predicted octanol–water partition coefficient (Wildman–Crippen LogP) is -10.4. The Labute approximate surface area is 228 Å². The van der Waals surface area contributed by atoms with Crippen molar-refractivity contribution in [1.82, 2.24) is 5.32 Å². The Hall–Kier alpha value is -0.540. The molecule has 11 atom stereocenters. The van der Waals surface area contributed by atoms with Gasteiger partial charge in [0.15, 0.2) is 6.29 Å². The fraction of sp³-hybridized carbons (Fsp3) is 0.895. The normalized spacial score (nSPS) is 38.5. The van der Waals surface area contributed by atoms with Crippen LogP contribution in [0.3, 0.4) is 0 Å². The smallest absolute Gasteiger partial charge is 0.544 e. The Kier molecular flexibility index (Phi) is 13.6. The molecule has 2 aliphatic rings. The molecule has 0 aromatic carbocycles. The van der Waals surface area contributed by atoms with Gasteiger partial charge in [-0.2, -0.15) is 0 Å². The van der Waals surface area contributed by atoms with Crippen LogP contribution in [0.4, 0.5) is 0 Å². The average molecular weight is 536 g/mol. The number of aliphatic carboxylic acids is 1. The molecule has 0 radical (unpaired) electrons. The third-order valence-electron chi connectivity index (χ3n) is 5.72. The zero-order valence-electron chi connectivity index (χ0n) is 19.9. The van der Waals surface area contributed by atoms with E-state index in [1.807, 2.05) is 0 Å². The van der Waals surface area contributed by atoms with Gasteiger partial charge in [-0.15, -0.1) is 0 Å². The van der Waals surface area contributed by atoms with Gasteiger partial charge in [-0.25, -0.2) is 0 Å². The molecule has 0 spiro atoms. The van der Waals surface area contributed by atoms with Crippen LogP contribution in [0.2, 0.25) is 0 Å². The van der Waals surface area contributed by atoms with E-state index in [9.17, 15) is 50.4 Å². The van der Waals surface area contributed by atoms with Gasteiger partial charge in [0.2, 0.25) is 11.7 Å². The van der Waals surface area contributed by atoms with Gasteiger partial charge >= 0.3 is 29.6 Å². The van der Waals surface area contributed by atoms with Gasteiger partial charge in [0.1, 0.15) is 48.7 Å². The number of aliphatic hydroxyl groups is 7. The SMILES string of the molecule is CC(=O)NC1C(O)CC(OC2C(O)C(CO)OC(OCCN)C2O)(C(=O)[O-])OC1C(O)C(O)CO.[Na+]. The number of ether oxygens (including phenoxy) is 4. The van der Waals surface area contributed by atoms with Gasteiger partial charge in [0.05, 0.1) is 32.0 Å². The van der Waals surface area contributed by atoms with E-state index in [4.69, 9.17) is 24.7 Å². The molecule has 11 unspecified atom stereocenters. The van der Waals surface area contributed by atoms with Gasteiger partial charge in [-0.1, -0.05) is 0 Å². The number of carboxylic acid groups (broad SMARTS) is 1. The number of nitrogens with two attached hydrogens (primary N) is 1. The first-order valence-electron chi connectivity index (χ1n) is 10.9. The maximum atomic E-state index is 12.2. The van der Waals surface area contributed by atoms with Crippen LogP contribution in [0.25, 0.3) is 0 Å². The van der Waals surface area contributed by atoms with Crippen molar-refractivity contribution >= 4 is 11.9 Å². The van der Waals surface area contributed by atoms with Crippen LogP contribution < -0.4 is 45.7 Å². The van der Waals surface area contributed by atoms with E-state index in [1.165, 1.54) is 0 Å². The number of nitrogens with one attached hydrogen (secondary N) is 1. The molecule has 17 heteroatoms. The molecule has 2 saturated heterocycles. The van der Waals surface area contributed by atoms with Gasteiger partial charge in [-0.05, 0) is 0 Å². The Morgan fingerprint density at radius 3 is 2.36 bits per heavy atom. The maximum Gasteiger partial charge on any atom is 1.00 e. The van der Waals surface area contributed by atoms with Crippen molar-refractivity contribution in [2.45, 2.75) is 80.3 Å². The molecule has 2 fully saturated rings. The standard InChI is InChI=1S/C19H34N2O14.Na/c1-7(24)21-11-8(25)4-19(18(30)31,34-15(11)12(27)9(26)5-22)35-16-13(28)10(6-23)33-17(14(16)29)32-3-2-20;/h8-17,22-23,25-29H,2-6,20H2,1H3,(H,21,24)(H,30,31);/q;+1/p-1.